The third-order valence-corrected chi connectivity index (χ3v) is 5.09. The molecule has 90 valence electrons. The van der Waals surface area contributed by atoms with Crippen LogP contribution in [0.4, 0.5) is 0 Å². The zero-order chi connectivity index (χ0) is 11.0. The number of methoxy groups -OCH3 is 1. The van der Waals surface area contributed by atoms with Gasteiger partial charge in [-0.15, -0.1) is 12.4 Å². The maximum absolute atomic E-state index is 11.7. The lowest BCUT2D eigenvalue weighted by Gasteiger charge is -2.33. The molecule has 0 aromatic heterocycles. The first-order valence-corrected chi connectivity index (χ1v) is 5.99. The second-order valence-corrected chi connectivity index (χ2v) is 6.67. The summed E-state index contributed by atoms with van der Waals surface area (Å²) < 4.78 is 27.0. The van der Waals surface area contributed by atoms with Crippen LogP contribution in [-0.2, 0) is 19.4 Å². The molecule has 1 heterocycles. The van der Waals surface area contributed by atoms with Gasteiger partial charge in [0.15, 0.2) is 9.84 Å². The van der Waals surface area contributed by atoms with Crippen molar-refractivity contribution in [1.29, 1.82) is 0 Å². The van der Waals surface area contributed by atoms with E-state index in [1.165, 1.54) is 7.11 Å². The molecule has 1 atom stereocenters. The van der Waals surface area contributed by atoms with Crippen LogP contribution in [0.2, 0.25) is 0 Å². The fourth-order valence-electron chi connectivity index (χ4n) is 1.28. The number of nitrogens with one attached hydrogen (secondary N) is 1. The molecule has 0 bridgehead atoms. The fraction of sp³-hybridized carbons (Fsp3) is 0.875. The molecule has 0 saturated carbocycles. The van der Waals surface area contributed by atoms with Crippen molar-refractivity contribution in [3.63, 3.8) is 0 Å². The molecule has 7 heteroatoms. The average Bonchev–Trinajstić information content (AvgIpc) is 2.08. The Labute approximate surface area is 95.9 Å². The van der Waals surface area contributed by atoms with Crippen molar-refractivity contribution in [3.8, 4) is 0 Å². The summed E-state index contributed by atoms with van der Waals surface area (Å²) in [5.41, 5.74) is 0. The van der Waals surface area contributed by atoms with Gasteiger partial charge in [0.1, 0.15) is 6.04 Å². The Morgan fingerprint density at radius 3 is 2.40 bits per heavy atom. The van der Waals surface area contributed by atoms with Gasteiger partial charge in [-0.25, -0.2) is 8.42 Å². The molecule has 1 unspecified atom stereocenters. The summed E-state index contributed by atoms with van der Waals surface area (Å²) in [7, 11) is -1.98. The van der Waals surface area contributed by atoms with Gasteiger partial charge in [0.25, 0.3) is 0 Å². The van der Waals surface area contributed by atoms with E-state index in [0.717, 1.165) is 0 Å². The van der Waals surface area contributed by atoms with Gasteiger partial charge in [0.2, 0.25) is 0 Å². The van der Waals surface area contributed by atoms with E-state index in [1.807, 2.05) is 0 Å². The van der Waals surface area contributed by atoms with Gasteiger partial charge in [0, 0.05) is 6.54 Å². The molecule has 0 aromatic rings. The minimum Gasteiger partial charge on any atom is -0.468 e. The summed E-state index contributed by atoms with van der Waals surface area (Å²) in [6.07, 6.45) is 0. The number of ether oxygens (including phenoxy) is 1. The Kier molecular flexibility index (Phi) is 4.57. The highest BCUT2D eigenvalue weighted by Gasteiger charge is 2.43. The number of hydrogen-bond donors (Lipinski definition) is 1. The first-order valence-electron chi connectivity index (χ1n) is 4.34. The van der Waals surface area contributed by atoms with Crippen molar-refractivity contribution in [2.75, 3.05) is 19.4 Å². The zero-order valence-electron chi connectivity index (χ0n) is 8.94. The third-order valence-electron chi connectivity index (χ3n) is 2.49. The van der Waals surface area contributed by atoms with Crippen LogP contribution >= 0.6 is 12.4 Å². The van der Waals surface area contributed by atoms with Gasteiger partial charge >= 0.3 is 5.97 Å². The van der Waals surface area contributed by atoms with Crippen LogP contribution in [-0.4, -0.2) is 44.6 Å². The molecule has 1 aliphatic heterocycles. The smallest absolute Gasteiger partial charge is 0.323 e. The van der Waals surface area contributed by atoms with E-state index in [1.54, 1.807) is 13.8 Å². The van der Waals surface area contributed by atoms with Crippen molar-refractivity contribution in [2.24, 2.45) is 0 Å². The molecular formula is C8H16ClNO4S. The standard InChI is InChI=1S/C8H15NO4S.ClH/c1-8(2)5-9-6(7(10)13-3)4-14(8,11)12;/h6,9H,4-5H2,1-3H3;1H. The molecule has 1 saturated heterocycles. The predicted molar refractivity (Wildman–Crippen MR) is 58.9 cm³/mol. The fourth-order valence-corrected chi connectivity index (χ4v) is 2.72. The summed E-state index contributed by atoms with van der Waals surface area (Å²) in [5.74, 6) is -0.712. The van der Waals surface area contributed by atoms with Crippen molar-refractivity contribution >= 4 is 28.2 Å². The summed E-state index contributed by atoms with van der Waals surface area (Å²) in [6, 6.07) is -0.724. The van der Waals surface area contributed by atoms with Crippen molar-refractivity contribution in [2.45, 2.75) is 24.6 Å². The third kappa shape index (κ3) is 2.83. The van der Waals surface area contributed by atoms with Gasteiger partial charge in [-0.3, -0.25) is 4.79 Å². The molecule has 1 rings (SSSR count). The highest BCUT2D eigenvalue weighted by molar-refractivity contribution is 7.92. The normalized spacial score (nSPS) is 27.5. The molecule has 0 radical (unpaired) electrons. The van der Waals surface area contributed by atoms with Crippen LogP contribution in [0.15, 0.2) is 0 Å². The number of rotatable bonds is 1. The van der Waals surface area contributed by atoms with E-state index < -0.39 is 26.6 Å². The molecule has 1 N–H and O–H groups in total. The van der Waals surface area contributed by atoms with E-state index in [2.05, 4.69) is 10.1 Å². The second-order valence-electron chi connectivity index (χ2n) is 4.00. The van der Waals surface area contributed by atoms with E-state index >= 15 is 0 Å². The number of sulfone groups is 1. The Morgan fingerprint density at radius 1 is 1.47 bits per heavy atom. The molecular weight excluding hydrogens is 242 g/mol. The number of halogens is 1. The second kappa shape index (κ2) is 4.67. The minimum atomic E-state index is -3.23. The van der Waals surface area contributed by atoms with Gasteiger partial charge < -0.3 is 10.1 Å². The monoisotopic (exact) mass is 257 g/mol. The largest absolute Gasteiger partial charge is 0.468 e. The molecule has 0 amide bonds. The van der Waals surface area contributed by atoms with E-state index in [0.29, 0.717) is 0 Å². The Balaban J connectivity index is 0.00000196. The molecule has 1 fully saturated rings. The summed E-state index contributed by atoms with van der Waals surface area (Å²) in [4.78, 5) is 11.1. The lowest BCUT2D eigenvalue weighted by molar-refractivity contribution is -0.142. The zero-order valence-corrected chi connectivity index (χ0v) is 10.6. The SMILES string of the molecule is COC(=O)C1CS(=O)(=O)C(C)(C)CN1.Cl. The Morgan fingerprint density at radius 2 is 2.00 bits per heavy atom. The summed E-state index contributed by atoms with van der Waals surface area (Å²) in [6.45, 7) is 3.56. The average molecular weight is 258 g/mol. The van der Waals surface area contributed by atoms with Crippen LogP contribution < -0.4 is 5.32 Å². The Hall–Kier alpha value is -0.330. The Bertz CT molecular complexity index is 339. The maximum atomic E-state index is 11.7. The van der Waals surface area contributed by atoms with Gasteiger partial charge in [-0.1, -0.05) is 0 Å². The summed E-state index contributed by atoms with van der Waals surface area (Å²) >= 11 is 0. The minimum absolute atomic E-state index is 0. The first-order chi connectivity index (χ1) is 6.30. The van der Waals surface area contributed by atoms with Crippen LogP contribution in [0.1, 0.15) is 13.8 Å². The first kappa shape index (κ1) is 14.7. The number of carbonyl (C=O) groups excluding carboxylic acids is 1. The topological polar surface area (TPSA) is 72.5 Å². The lowest BCUT2D eigenvalue weighted by Crippen LogP contribution is -2.58. The van der Waals surface area contributed by atoms with Crippen LogP contribution in [0, 0.1) is 0 Å². The number of hydrogen-bond acceptors (Lipinski definition) is 5. The molecule has 0 aromatic carbocycles. The van der Waals surface area contributed by atoms with Crippen LogP contribution in [0.3, 0.4) is 0 Å². The highest BCUT2D eigenvalue weighted by Crippen LogP contribution is 2.21. The van der Waals surface area contributed by atoms with Gasteiger partial charge in [0.05, 0.1) is 17.6 Å². The molecule has 1 aliphatic rings. The van der Waals surface area contributed by atoms with Gasteiger partial charge in [-0.05, 0) is 13.8 Å². The van der Waals surface area contributed by atoms with E-state index in [9.17, 15) is 13.2 Å². The van der Waals surface area contributed by atoms with E-state index in [4.69, 9.17) is 0 Å². The van der Waals surface area contributed by atoms with Crippen molar-refractivity contribution in [3.05, 3.63) is 0 Å². The molecule has 5 nitrogen and oxygen atoms in total. The molecule has 0 spiro atoms. The van der Waals surface area contributed by atoms with E-state index in [-0.39, 0.29) is 24.7 Å². The number of carbonyl (C=O) groups is 1. The molecule has 0 aliphatic carbocycles. The quantitative estimate of drug-likeness (QED) is 0.656. The lowest BCUT2D eigenvalue weighted by atomic mass is 10.2. The van der Waals surface area contributed by atoms with Crippen molar-refractivity contribution in [1.82, 2.24) is 5.32 Å². The maximum Gasteiger partial charge on any atom is 0.323 e. The van der Waals surface area contributed by atoms with Gasteiger partial charge in [-0.2, -0.15) is 0 Å². The highest BCUT2D eigenvalue weighted by atomic mass is 35.5. The number of esters is 1. The van der Waals surface area contributed by atoms with Crippen molar-refractivity contribution < 1.29 is 17.9 Å². The predicted octanol–water partition coefficient (Wildman–Crippen LogP) is -0.254. The van der Waals surface area contributed by atoms with Crippen LogP contribution in [0.25, 0.3) is 0 Å². The van der Waals surface area contributed by atoms with Crippen LogP contribution in [0.5, 0.6) is 0 Å². The molecule has 15 heavy (non-hydrogen) atoms. The summed E-state index contributed by atoms with van der Waals surface area (Å²) in [5, 5.41) is 2.86.